The first-order chi connectivity index (χ1) is 12.6. The first kappa shape index (κ1) is 18.7. The summed E-state index contributed by atoms with van der Waals surface area (Å²) in [6, 6.07) is 14.3. The molecule has 136 valence electrons. The van der Waals surface area contributed by atoms with Gasteiger partial charge in [0.05, 0.1) is 13.2 Å². The minimum atomic E-state index is -0.254. The molecule has 0 unspecified atom stereocenters. The van der Waals surface area contributed by atoms with Gasteiger partial charge in [0.25, 0.3) is 11.8 Å². The number of ether oxygens (including phenoxy) is 2. The third-order valence-electron chi connectivity index (χ3n) is 3.90. The molecule has 6 nitrogen and oxygen atoms in total. The lowest BCUT2D eigenvalue weighted by Gasteiger charge is -2.26. The van der Waals surface area contributed by atoms with Crippen molar-refractivity contribution in [2.45, 2.75) is 0 Å². The van der Waals surface area contributed by atoms with E-state index in [0.717, 1.165) is 3.57 Å². The number of rotatable bonds is 5. The van der Waals surface area contributed by atoms with E-state index in [9.17, 15) is 9.59 Å². The summed E-state index contributed by atoms with van der Waals surface area (Å²) in [6.07, 6.45) is 0. The van der Waals surface area contributed by atoms with E-state index in [0.29, 0.717) is 43.3 Å². The van der Waals surface area contributed by atoms with Crippen LogP contribution < -0.4 is 10.1 Å². The van der Waals surface area contributed by atoms with Crippen molar-refractivity contribution in [2.75, 3.05) is 38.2 Å². The van der Waals surface area contributed by atoms with Gasteiger partial charge in [-0.25, -0.2) is 0 Å². The number of carbonyl (C=O) groups is 2. The highest BCUT2D eigenvalue weighted by Crippen LogP contribution is 2.15. The fourth-order valence-corrected chi connectivity index (χ4v) is 2.88. The molecule has 0 spiro atoms. The van der Waals surface area contributed by atoms with Gasteiger partial charge in [-0.2, -0.15) is 0 Å². The Morgan fingerprint density at radius 2 is 1.69 bits per heavy atom. The Balaban J connectivity index is 1.50. The molecule has 1 heterocycles. The summed E-state index contributed by atoms with van der Waals surface area (Å²) in [5, 5.41) is 2.76. The van der Waals surface area contributed by atoms with Crippen LogP contribution in [-0.2, 0) is 9.53 Å². The van der Waals surface area contributed by atoms with Crippen molar-refractivity contribution >= 4 is 40.1 Å². The minimum absolute atomic E-state index is 0.0202. The Morgan fingerprint density at radius 1 is 1.04 bits per heavy atom. The van der Waals surface area contributed by atoms with Gasteiger partial charge in [-0.1, -0.05) is 0 Å². The zero-order valence-corrected chi connectivity index (χ0v) is 16.3. The molecule has 2 aromatic rings. The van der Waals surface area contributed by atoms with E-state index in [4.69, 9.17) is 9.47 Å². The fraction of sp³-hybridized carbons (Fsp3) is 0.263. The highest BCUT2D eigenvalue weighted by atomic mass is 127. The van der Waals surface area contributed by atoms with Crippen LogP contribution in [0.5, 0.6) is 5.75 Å². The maximum atomic E-state index is 12.4. The summed E-state index contributed by atoms with van der Waals surface area (Å²) in [5.41, 5.74) is 1.22. The van der Waals surface area contributed by atoms with Crippen LogP contribution in [-0.4, -0.2) is 49.6 Å². The summed E-state index contributed by atoms with van der Waals surface area (Å²) < 4.78 is 11.8. The van der Waals surface area contributed by atoms with Crippen molar-refractivity contribution in [3.8, 4) is 5.75 Å². The average Bonchev–Trinajstić information content (AvgIpc) is 2.68. The van der Waals surface area contributed by atoms with E-state index in [1.807, 2.05) is 24.3 Å². The van der Waals surface area contributed by atoms with Crippen LogP contribution in [0.1, 0.15) is 10.4 Å². The standard InChI is InChI=1S/C19H19IN2O4/c20-15-3-7-17(8-4-15)26-13-18(23)21-16-5-1-14(2-6-16)19(24)22-9-11-25-12-10-22/h1-8H,9-13H2,(H,21,23). The van der Waals surface area contributed by atoms with Crippen LogP contribution in [0.4, 0.5) is 5.69 Å². The molecular formula is C19H19IN2O4. The van der Waals surface area contributed by atoms with E-state index >= 15 is 0 Å². The Morgan fingerprint density at radius 3 is 2.35 bits per heavy atom. The predicted molar refractivity (Wildman–Crippen MR) is 106 cm³/mol. The molecule has 1 aliphatic heterocycles. The van der Waals surface area contributed by atoms with E-state index in [1.54, 1.807) is 29.2 Å². The Kier molecular flexibility index (Phi) is 6.45. The molecule has 2 aromatic carbocycles. The lowest BCUT2D eigenvalue weighted by molar-refractivity contribution is -0.118. The molecule has 1 saturated heterocycles. The normalized spacial score (nSPS) is 14.0. The molecule has 1 fully saturated rings. The summed E-state index contributed by atoms with van der Waals surface area (Å²) in [5.74, 6) is 0.371. The van der Waals surface area contributed by atoms with Gasteiger partial charge in [-0.15, -0.1) is 0 Å². The molecule has 0 aliphatic carbocycles. The fourth-order valence-electron chi connectivity index (χ4n) is 2.52. The molecule has 1 N–H and O–H groups in total. The van der Waals surface area contributed by atoms with Crippen LogP contribution in [0.15, 0.2) is 48.5 Å². The van der Waals surface area contributed by atoms with Crippen molar-refractivity contribution in [1.29, 1.82) is 0 Å². The predicted octanol–water partition coefficient (Wildman–Crippen LogP) is 2.78. The van der Waals surface area contributed by atoms with Gasteiger partial charge in [0.15, 0.2) is 6.61 Å². The molecule has 0 radical (unpaired) electrons. The number of nitrogens with zero attached hydrogens (tertiary/aromatic N) is 1. The van der Waals surface area contributed by atoms with Crippen LogP contribution in [0.3, 0.4) is 0 Å². The molecule has 7 heteroatoms. The number of benzene rings is 2. The van der Waals surface area contributed by atoms with Crippen LogP contribution in [0, 0.1) is 3.57 Å². The third kappa shape index (κ3) is 5.18. The maximum Gasteiger partial charge on any atom is 0.262 e. The third-order valence-corrected chi connectivity index (χ3v) is 4.62. The first-order valence-electron chi connectivity index (χ1n) is 8.27. The average molecular weight is 466 g/mol. The number of halogens is 1. The number of anilines is 1. The molecule has 2 amide bonds. The van der Waals surface area contributed by atoms with E-state index in [2.05, 4.69) is 27.9 Å². The maximum absolute atomic E-state index is 12.4. The van der Waals surface area contributed by atoms with E-state index in [-0.39, 0.29) is 18.4 Å². The summed E-state index contributed by atoms with van der Waals surface area (Å²) in [6.45, 7) is 2.27. The second kappa shape index (κ2) is 9.00. The van der Waals surface area contributed by atoms with Gasteiger partial charge >= 0.3 is 0 Å². The number of carbonyl (C=O) groups excluding carboxylic acids is 2. The van der Waals surface area contributed by atoms with Gasteiger partial charge in [0.2, 0.25) is 0 Å². The second-order valence-electron chi connectivity index (χ2n) is 5.77. The zero-order valence-electron chi connectivity index (χ0n) is 14.1. The van der Waals surface area contributed by atoms with E-state index < -0.39 is 0 Å². The molecular weight excluding hydrogens is 447 g/mol. The second-order valence-corrected chi connectivity index (χ2v) is 7.02. The van der Waals surface area contributed by atoms with Crippen molar-refractivity contribution in [2.24, 2.45) is 0 Å². The number of nitrogens with one attached hydrogen (secondary N) is 1. The lowest BCUT2D eigenvalue weighted by Crippen LogP contribution is -2.40. The molecule has 1 aliphatic rings. The Bertz CT molecular complexity index is 756. The Labute approximate surface area is 165 Å². The number of hydrogen-bond acceptors (Lipinski definition) is 4. The minimum Gasteiger partial charge on any atom is -0.484 e. The molecule has 26 heavy (non-hydrogen) atoms. The summed E-state index contributed by atoms with van der Waals surface area (Å²) in [4.78, 5) is 26.1. The summed E-state index contributed by atoms with van der Waals surface area (Å²) in [7, 11) is 0. The Hall–Kier alpha value is -2.13. The monoisotopic (exact) mass is 466 g/mol. The van der Waals surface area contributed by atoms with Crippen LogP contribution in [0.25, 0.3) is 0 Å². The molecule has 0 bridgehead atoms. The number of amides is 2. The quantitative estimate of drug-likeness (QED) is 0.689. The highest BCUT2D eigenvalue weighted by molar-refractivity contribution is 14.1. The lowest BCUT2D eigenvalue weighted by atomic mass is 10.1. The van der Waals surface area contributed by atoms with Crippen molar-refractivity contribution in [3.63, 3.8) is 0 Å². The van der Waals surface area contributed by atoms with Gasteiger partial charge in [-0.05, 0) is 71.1 Å². The number of morpholine rings is 1. The van der Waals surface area contributed by atoms with Crippen molar-refractivity contribution in [3.05, 3.63) is 57.7 Å². The van der Waals surface area contributed by atoms with Gasteiger partial charge in [-0.3, -0.25) is 9.59 Å². The molecule has 0 aromatic heterocycles. The van der Waals surface area contributed by atoms with Gasteiger partial charge in [0.1, 0.15) is 5.75 Å². The van der Waals surface area contributed by atoms with E-state index in [1.165, 1.54) is 0 Å². The first-order valence-corrected chi connectivity index (χ1v) is 9.35. The number of hydrogen-bond donors (Lipinski definition) is 1. The van der Waals surface area contributed by atoms with Crippen LogP contribution >= 0.6 is 22.6 Å². The highest BCUT2D eigenvalue weighted by Gasteiger charge is 2.18. The smallest absolute Gasteiger partial charge is 0.262 e. The van der Waals surface area contributed by atoms with Crippen molar-refractivity contribution < 1.29 is 19.1 Å². The summed E-state index contributed by atoms with van der Waals surface area (Å²) >= 11 is 2.21. The zero-order chi connectivity index (χ0) is 18.4. The molecule has 0 saturated carbocycles. The van der Waals surface area contributed by atoms with Gasteiger partial charge < -0.3 is 19.7 Å². The van der Waals surface area contributed by atoms with Crippen molar-refractivity contribution in [1.82, 2.24) is 4.90 Å². The molecule has 3 rings (SSSR count). The van der Waals surface area contributed by atoms with Crippen LogP contribution in [0.2, 0.25) is 0 Å². The largest absolute Gasteiger partial charge is 0.484 e. The topological polar surface area (TPSA) is 67.9 Å². The van der Waals surface area contributed by atoms with Gasteiger partial charge in [0, 0.05) is 27.9 Å². The molecule has 0 atom stereocenters. The SMILES string of the molecule is O=C(COc1ccc(I)cc1)Nc1ccc(C(=O)N2CCOCC2)cc1.